The predicted octanol–water partition coefficient (Wildman–Crippen LogP) is 3.63. The first-order valence-electron chi connectivity index (χ1n) is 10.0. The second-order valence-corrected chi connectivity index (χ2v) is 7.98. The highest BCUT2D eigenvalue weighted by molar-refractivity contribution is 7.82. The third-order valence-electron chi connectivity index (χ3n) is 4.25. The van der Waals surface area contributed by atoms with Crippen LogP contribution in [0.15, 0.2) is 94.2 Å². The molecule has 0 saturated carbocycles. The number of azo groups is 1. The van der Waals surface area contributed by atoms with Crippen LogP contribution in [0.5, 0.6) is 17.2 Å². The van der Waals surface area contributed by atoms with Crippen LogP contribution >= 0.6 is 0 Å². The van der Waals surface area contributed by atoms with Gasteiger partial charge in [0.1, 0.15) is 42.3 Å². The van der Waals surface area contributed by atoms with Crippen LogP contribution in [0.3, 0.4) is 0 Å². The van der Waals surface area contributed by atoms with Crippen molar-refractivity contribution in [2.24, 2.45) is 15.3 Å². The SMILES string of the molecule is O=S(=O)(O/C1=N/Nc2ccccc2OCC(O)COc2ccccc2N=N1)Oc1ccccc1. The van der Waals surface area contributed by atoms with Crippen LogP contribution in [0.25, 0.3) is 0 Å². The fraction of sp³-hybridized carbons (Fsp3) is 0.136. The van der Waals surface area contributed by atoms with Gasteiger partial charge in [-0.1, -0.05) is 47.6 Å². The number of nitrogens with one attached hydrogen (secondary N) is 1. The van der Waals surface area contributed by atoms with E-state index in [1.54, 1.807) is 66.7 Å². The van der Waals surface area contributed by atoms with Crippen molar-refractivity contribution in [3.8, 4) is 17.2 Å². The first-order chi connectivity index (χ1) is 16.5. The fourth-order valence-electron chi connectivity index (χ4n) is 2.73. The third kappa shape index (κ3) is 6.43. The van der Waals surface area contributed by atoms with Crippen molar-refractivity contribution >= 4 is 27.8 Å². The lowest BCUT2D eigenvalue weighted by molar-refractivity contribution is 0.0631. The average Bonchev–Trinajstić information content (AvgIpc) is 2.84. The highest BCUT2D eigenvalue weighted by Crippen LogP contribution is 2.28. The van der Waals surface area contributed by atoms with E-state index in [9.17, 15) is 13.5 Å². The van der Waals surface area contributed by atoms with E-state index < -0.39 is 22.5 Å². The molecule has 11 nitrogen and oxygen atoms in total. The van der Waals surface area contributed by atoms with Crippen molar-refractivity contribution in [1.82, 2.24) is 0 Å². The number of benzene rings is 3. The molecule has 1 atom stereocenters. The number of hydrogen-bond donors (Lipinski definition) is 2. The lowest BCUT2D eigenvalue weighted by Crippen LogP contribution is -2.25. The van der Waals surface area contributed by atoms with Gasteiger partial charge in [0.05, 0.1) is 5.69 Å². The lowest BCUT2D eigenvalue weighted by atomic mass is 10.3. The van der Waals surface area contributed by atoms with Gasteiger partial charge in [0.15, 0.2) is 0 Å². The molecule has 1 unspecified atom stereocenters. The van der Waals surface area contributed by atoms with Gasteiger partial charge in [-0.3, -0.25) is 5.43 Å². The molecule has 34 heavy (non-hydrogen) atoms. The number of nitrogens with zero attached hydrogens (tertiary/aromatic N) is 3. The zero-order chi connectivity index (χ0) is 23.8. The van der Waals surface area contributed by atoms with Crippen molar-refractivity contribution in [2.45, 2.75) is 6.10 Å². The van der Waals surface area contributed by atoms with Gasteiger partial charge in [-0.25, -0.2) is 0 Å². The Hall–Kier alpha value is -4.16. The molecule has 1 aliphatic heterocycles. The van der Waals surface area contributed by atoms with Crippen molar-refractivity contribution in [2.75, 3.05) is 18.6 Å². The first kappa shape index (κ1) is 23.0. The third-order valence-corrected chi connectivity index (χ3v) is 5.00. The normalized spacial score (nSPS) is 17.8. The number of fused-ring (bicyclic) bond motifs is 2. The molecule has 3 aromatic carbocycles. The first-order valence-corrected chi connectivity index (χ1v) is 11.4. The van der Waals surface area contributed by atoms with Gasteiger partial charge in [-0.15, -0.1) is 18.6 Å². The Balaban J connectivity index is 1.67. The molecular formula is C22H20N4O7S. The molecule has 0 aromatic heterocycles. The summed E-state index contributed by atoms with van der Waals surface area (Å²) < 4.78 is 46.0. The number of ether oxygens (including phenoxy) is 2. The fourth-order valence-corrected chi connectivity index (χ4v) is 3.37. The molecule has 4 rings (SSSR count). The zero-order valence-corrected chi connectivity index (χ0v) is 18.5. The molecule has 1 heterocycles. The van der Waals surface area contributed by atoms with Gasteiger partial charge >= 0.3 is 16.4 Å². The molecule has 0 aliphatic carbocycles. The van der Waals surface area contributed by atoms with Crippen molar-refractivity contribution in [1.29, 1.82) is 0 Å². The highest BCUT2D eigenvalue weighted by atomic mass is 32.3. The summed E-state index contributed by atoms with van der Waals surface area (Å²) in [5.41, 5.74) is 3.27. The van der Waals surface area contributed by atoms with E-state index in [0.717, 1.165) is 0 Å². The summed E-state index contributed by atoms with van der Waals surface area (Å²) in [7, 11) is -4.59. The van der Waals surface area contributed by atoms with Crippen LogP contribution < -0.4 is 19.1 Å². The molecule has 12 heteroatoms. The molecule has 176 valence electrons. The van der Waals surface area contributed by atoms with Crippen LogP contribution in [0.2, 0.25) is 0 Å². The molecule has 0 spiro atoms. The minimum Gasteiger partial charge on any atom is -0.489 e. The standard InChI is InChI=1S/C22H20N4O7S/c27-16-14-30-20-12-6-4-10-18(20)23-25-22(26-24-19-11-5-7-13-21(19)31-15-16)33-34(28,29)32-17-8-2-1-3-9-17/h1-13,16,23,27H,14-15H2/b25-22+,26-24?. The average molecular weight is 484 g/mol. The van der Waals surface area contributed by atoms with Crippen molar-refractivity contribution in [3.63, 3.8) is 0 Å². The van der Waals surface area contributed by atoms with Gasteiger partial charge in [0, 0.05) is 0 Å². The summed E-state index contributed by atoms with van der Waals surface area (Å²) >= 11 is 0. The molecule has 0 radical (unpaired) electrons. The van der Waals surface area contributed by atoms with Crippen LogP contribution in [0, 0.1) is 0 Å². The Kier molecular flexibility index (Phi) is 7.20. The van der Waals surface area contributed by atoms with E-state index >= 15 is 0 Å². The Morgan fingerprint density at radius 2 is 1.47 bits per heavy atom. The number of amidine groups is 1. The molecule has 1 aliphatic rings. The minimum atomic E-state index is -4.59. The summed E-state index contributed by atoms with van der Waals surface area (Å²) in [6.07, 6.45) is -0.927. The Labute approximate surface area is 195 Å². The van der Waals surface area contributed by atoms with Crippen LogP contribution in [0.1, 0.15) is 0 Å². The zero-order valence-electron chi connectivity index (χ0n) is 17.6. The Bertz CT molecular complexity index is 1280. The van der Waals surface area contributed by atoms with Crippen LogP contribution in [-0.4, -0.2) is 38.9 Å². The molecule has 0 saturated heterocycles. The van der Waals surface area contributed by atoms with Crippen LogP contribution in [0.4, 0.5) is 11.4 Å². The second-order valence-electron chi connectivity index (χ2n) is 6.83. The largest absolute Gasteiger partial charge is 0.503 e. The molecule has 0 fully saturated rings. The summed E-state index contributed by atoms with van der Waals surface area (Å²) in [6, 6.07) is 20.5. The van der Waals surface area contributed by atoms with E-state index in [1.807, 2.05) is 0 Å². The van der Waals surface area contributed by atoms with Gasteiger partial charge in [0.25, 0.3) is 0 Å². The molecule has 0 amide bonds. The monoisotopic (exact) mass is 484 g/mol. The maximum atomic E-state index is 12.4. The van der Waals surface area contributed by atoms with Gasteiger partial charge in [0.2, 0.25) is 0 Å². The van der Waals surface area contributed by atoms with E-state index in [-0.39, 0.29) is 24.7 Å². The second kappa shape index (κ2) is 10.6. The maximum Gasteiger partial charge on any atom is 0.503 e. The number of anilines is 1. The highest BCUT2D eigenvalue weighted by Gasteiger charge is 2.20. The van der Waals surface area contributed by atoms with E-state index in [4.69, 9.17) is 17.8 Å². The minimum absolute atomic E-state index is 0.0462. The molecule has 0 bridgehead atoms. The van der Waals surface area contributed by atoms with E-state index in [1.165, 1.54) is 12.1 Å². The van der Waals surface area contributed by atoms with Gasteiger partial charge in [-0.05, 0) is 36.4 Å². The number of hydrogen-bond acceptors (Lipinski definition) is 11. The topological polar surface area (TPSA) is 140 Å². The maximum absolute atomic E-state index is 12.4. The molecular weight excluding hydrogens is 464 g/mol. The summed E-state index contributed by atoms with van der Waals surface area (Å²) in [5.74, 6) is 0.700. The van der Waals surface area contributed by atoms with Gasteiger partial charge < -0.3 is 22.9 Å². The number of para-hydroxylation sites is 4. The van der Waals surface area contributed by atoms with E-state index in [2.05, 4.69) is 20.8 Å². The number of aliphatic hydroxyl groups is 1. The lowest BCUT2D eigenvalue weighted by Gasteiger charge is -2.16. The number of aliphatic hydroxyl groups excluding tert-OH is 1. The Morgan fingerprint density at radius 1 is 0.824 bits per heavy atom. The van der Waals surface area contributed by atoms with E-state index in [0.29, 0.717) is 17.2 Å². The quantitative estimate of drug-likeness (QED) is 0.574. The summed E-state index contributed by atoms with van der Waals surface area (Å²) in [6.45, 7) is -0.131. The summed E-state index contributed by atoms with van der Waals surface area (Å²) in [4.78, 5) is 0. The van der Waals surface area contributed by atoms with Gasteiger partial charge in [-0.2, -0.15) is 0 Å². The van der Waals surface area contributed by atoms with Crippen molar-refractivity contribution in [3.05, 3.63) is 78.9 Å². The molecule has 2 N–H and O–H groups in total. The molecule has 3 aromatic rings. The Morgan fingerprint density at radius 3 is 2.26 bits per heavy atom. The van der Waals surface area contributed by atoms with Crippen molar-refractivity contribution < 1.29 is 31.4 Å². The predicted molar refractivity (Wildman–Crippen MR) is 123 cm³/mol. The number of hydrazone groups is 1. The smallest absolute Gasteiger partial charge is 0.489 e. The number of rotatable bonds is 3. The summed E-state index contributed by atoms with van der Waals surface area (Å²) in [5, 5.41) is 21.9. The van der Waals surface area contributed by atoms with Crippen LogP contribution in [-0.2, 0) is 14.6 Å².